The monoisotopic (exact) mass is 445 g/mol. The fourth-order valence-corrected chi connectivity index (χ4v) is 4.70. The van der Waals surface area contributed by atoms with Crippen molar-refractivity contribution in [3.63, 3.8) is 0 Å². The Bertz CT molecular complexity index is 1050. The van der Waals surface area contributed by atoms with Crippen LogP contribution < -0.4 is 0 Å². The second-order valence-corrected chi connectivity index (χ2v) is 9.15. The number of hydrogen-bond acceptors (Lipinski definition) is 4. The minimum absolute atomic E-state index is 0.136. The molecule has 1 aromatic heterocycles. The first-order valence-corrected chi connectivity index (χ1v) is 11.3. The number of alkyl halides is 3. The number of carboxylic acid groups (broad SMARTS) is 1. The standard InChI is InChI=1S/C19H22F3N3O4S/c1-3-15-23-17(30(2,28)29)16-14(24(18(26)27)10-11-25(15)16)9-6-12-4-7-13(8-5-12)19(20,21)22/h4-5,7-8,14H,3,6,9-11H2,1-2H3,(H,26,27). The summed E-state index contributed by atoms with van der Waals surface area (Å²) in [5.74, 6) is 0.565. The van der Waals surface area contributed by atoms with Crippen molar-refractivity contribution >= 4 is 15.9 Å². The lowest BCUT2D eigenvalue weighted by Gasteiger charge is -2.35. The van der Waals surface area contributed by atoms with E-state index in [2.05, 4.69) is 4.98 Å². The van der Waals surface area contributed by atoms with E-state index >= 15 is 0 Å². The summed E-state index contributed by atoms with van der Waals surface area (Å²) in [6.07, 6.45) is -3.60. The maximum Gasteiger partial charge on any atom is 0.416 e. The Morgan fingerprint density at radius 3 is 2.37 bits per heavy atom. The van der Waals surface area contributed by atoms with Gasteiger partial charge in [0, 0.05) is 25.8 Å². The first-order valence-electron chi connectivity index (χ1n) is 9.38. The summed E-state index contributed by atoms with van der Waals surface area (Å²) in [4.78, 5) is 17.2. The molecule has 30 heavy (non-hydrogen) atoms. The maximum atomic E-state index is 12.8. The number of halogens is 3. The maximum absolute atomic E-state index is 12.8. The van der Waals surface area contributed by atoms with E-state index in [4.69, 9.17) is 0 Å². The third kappa shape index (κ3) is 4.30. The molecule has 0 fully saturated rings. The fourth-order valence-electron chi connectivity index (χ4n) is 3.80. The van der Waals surface area contributed by atoms with Gasteiger partial charge in [-0.2, -0.15) is 13.2 Å². The number of imidazole rings is 1. The molecule has 0 radical (unpaired) electrons. The molecule has 7 nitrogen and oxygen atoms in total. The molecule has 2 aromatic rings. The van der Waals surface area contributed by atoms with Crippen molar-refractivity contribution in [2.45, 2.75) is 50.0 Å². The van der Waals surface area contributed by atoms with Crippen LogP contribution in [-0.2, 0) is 35.4 Å². The van der Waals surface area contributed by atoms with E-state index in [0.717, 1.165) is 18.4 Å². The number of carbonyl (C=O) groups is 1. The fraction of sp³-hybridized carbons (Fsp3) is 0.474. The highest BCUT2D eigenvalue weighted by Gasteiger charge is 2.37. The number of nitrogens with zero attached hydrogens (tertiary/aromatic N) is 3. The molecule has 0 saturated carbocycles. The normalized spacial score (nSPS) is 17.1. The SMILES string of the molecule is CCc1nc(S(C)(=O)=O)c2n1CCN(C(=O)O)C2CCc1ccc(C(F)(F)F)cc1. The van der Waals surface area contributed by atoms with Crippen LogP contribution in [0.25, 0.3) is 0 Å². The zero-order chi connectivity index (χ0) is 22.3. The molecule has 0 aliphatic carbocycles. The lowest BCUT2D eigenvalue weighted by atomic mass is 9.99. The highest BCUT2D eigenvalue weighted by atomic mass is 32.2. The first kappa shape index (κ1) is 22.1. The summed E-state index contributed by atoms with van der Waals surface area (Å²) >= 11 is 0. The van der Waals surface area contributed by atoms with Gasteiger partial charge in [-0.3, -0.25) is 4.90 Å². The number of fused-ring (bicyclic) bond motifs is 1. The topological polar surface area (TPSA) is 92.5 Å². The van der Waals surface area contributed by atoms with Crippen LogP contribution in [-0.4, -0.2) is 46.9 Å². The van der Waals surface area contributed by atoms with Gasteiger partial charge < -0.3 is 9.67 Å². The van der Waals surface area contributed by atoms with E-state index in [1.54, 1.807) is 4.57 Å². The quantitative estimate of drug-likeness (QED) is 0.760. The van der Waals surface area contributed by atoms with Crippen molar-refractivity contribution < 1.29 is 31.5 Å². The highest BCUT2D eigenvalue weighted by Crippen LogP contribution is 2.36. The number of aromatic nitrogens is 2. The highest BCUT2D eigenvalue weighted by molar-refractivity contribution is 7.90. The van der Waals surface area contributed by atoms with Crippen molar-refractivity contribution in [1.29, 1.82) is 0 Å². The zero-order valence-electron chi connectivity index (χ0n) is 16.5. The Morgan fingerprint density at radius 2 is 1.87 bits per heavy atom. The third-order valence-electron chi connectivity index (χ3n) is 5.21. The van der Waals surface area contributed by atoms with Gasteiger partial charge in [0.1, 0.15) is 5.82 Å². The van der Waals surface area contributed by atoms with Crippen molar-refractivity contribution in [2.75, 3.05) is 12.8 Å². The van der Waals surface area contributed by atoms with Gasteiger partial charge in [-0.1, -0.05) is 19.1 Å². The average molecular weight is 445 g/mol. The summed E-state index contributed by atoms with van der Waals surface area (Å²) in [6, 6.07) is 3.89. The van der Waals surface area contributed by atoms with Crippen LogP contribution in [0.15, 0.2) is 29.3 Å². The summed E-state index contributed by atoms with van der Waals surface area (Å²) in [6.45, 7) is 2.30. The van der Waals surface area contributed by atoms with Crippen molar-refractivity contribution in [2.24, 2.45) is 0 Å². The summed E-state index contributed by atoms with van der Waals surface area (Å²) < 4.78 is 64.7. The molecule has 1 amide bonds. The van der Waals surface area contributed by atoms with Crippen LogP contribution >= 0.6 is 0 Å². The molecule has 0 saturated heterocycles. The van der Waals surface area contributed by atoms with Crippen LogP contribution in [0.1, 0.15) is 42.0 Å². The van der Waals surface area contributed by atoms with Gasteiger partial charge in [-0.05, 0) is 30.5 Å². The van der Waals surface area contributed by atoms with Crippen LogP contribution in [0.5, 0.6) is 0 Å². The Kier molecular flexibility index (Phi) is 5.85. The second-order valence-electron chi connectivity index (χ2n) is 7.22. The Labute approximate surface area is 172 Å². The van der Waals surface area contributed by atoms with Crippen LogP contribution in [0.4, 0.5) is 18.0 Å². The van der Waals surface area contributed by atoms with Gasteiger partial charge in [0.25, 0.3) is 0 Å². The van der Waals surface area contributed by atoms with Gasteiger partial charge in [-0.25, -0.2) is 18.2 Å². The molecule has 164 valence electrons. The summed E-state index contributed by atoms with van der Waals surface area (Å²) in [5.41, 5.74) is 0.164. The molecule has 0 spiro atoms. The molecule has 1 unspecified atom stereocenters. The minimum atomic E-state index is -4.44. The molecule has 11 heteroatoms. The average Bonchev–Trinajstić information content (AvgIpc) is 3.05. The largest absolute Gasteiger partial charge is 0.465 e. The van der Waals surface area contributed by atoms with Crippen LogP contribution in [0.3, 0.4) is 0 Å². The predicted molar refractivity (Wildman–Crippen MR) is 102 cm³/mol. The minimum Gasteiger partial charge on any atom is -0.465 e. The molecule has 1 atom stereocenters. The van der Waals surface area contributed by atoms with Crippen molar-refractivity contribution in [3.05, 3.63) is 46.9 Å². The van der Waals surface area contributed by atoms with E-state index in [1.807, 2.05) is 6.92 Å². The van der Waals surface area contributed by atoms with E-state index in [0.29, 0.717) is 30.0 Å². The number of amides is 1. The molecule has 1 aliphatic heterocycles. The number of rotatable bonds is 5. The Hall–Kier alpha value is -2.56. The molecule has 1 aliphatic rings. The van der Waals surface area contributed by atoms with E-state index in [9.17, 15) is 31.5 Å². The lowest BCUT2D eigenvalue weighted by molar-refractivity contribution is -0.137. The molecule has 2 heterocycles. The lowest BCUT2D eigenvalue weighted by Crippen LogP contribution is -2.42. The van der Waals surface area contributed by atoms with Gasteiger partial charge >= 0.3 is 12.3 Å². The second kappa shape index (κ2) is 7.93. The number of aryl methyl sites for hydroxylation is 2. The predicted octanol–water partition coefficient (Wildman–Crippen LogP) is 3.54. The summed E-state index contributed by atoms with van der Waals surface area (Å²) in [5, 5.41) is 9.50. The number of sulfone groups is 1. The molecular weight excluding hydrogens is 423 g/mol. The molecular formula is C19H22F3N3O4S. The molecule has 3 rings (SSSR count). The van der Waals surface area contributed by atoms with Gasteiger partial charge in [-0.15, -0.1) is 0 Å². The van der Waals surface area contributed by atoms with Crippen LogP contribution in [0.2, 0.25) is 0 Å². The summed E-state index contributed by atoms with van der Waals surface area (Å²) in [7, 11) is -3.70. The van der Waals surface area contributed by atoms with E-state index < -0.39 is 33.7 Å². The first-order chi connectivity index (χ1) is 13.9. The van der Waals surface area contributed by atoms with Crippen LogP contribution in [0, 0.1) is 0 Å². The number of benzene rings is 1. The Balaban J connectivity index is 1.96. The number of hydrogen-bond donors (Lipinski definition) is 1. The Morgan fingerprint density at radius 1 is 1.23 bits per heavy atom. The van der Waals surface area contributed by atoms with Gasteiger partial charge in [0.05, 0.1) is 17.3 Å². The molecule has 1 aromatic carbocycles. The third-order valence-corrected chi connectivity index (χ3v) is 6.21. The van der Waals surface area contributed by atoms with Gasteiger partial charge in [0.15, 0.2) is 14.9 Å². The molecule has 1 N–H and O–H groups in total. The van der Waals surface area contributed by atoms with Crippen molar-refractivity contribution in [3.8, 4) is 0 Å². The zero-order valence-corrected chi connectivity index (χ0v) is 17.3. The smallest absolute Gasteiger partial charge is 0.416 e. The van der Waals surface area contributed by atoms with Gasteiger partial charge in [0.2, 0.25) is 0 Å². The van der Waals surface area contributed by atoms with Crippen molar-refractivity contribution in [1.82, 2.24) is 14.5 Å². The molecule has 0 bridgehead atoms. The van der Waals surface area contributed by atoms with E-state index in [-0.39, 0.29) is 24.4 Å². The van der Waals surface area contributed by atoms with E-state index in [1.165, 1.54) is 17.0 Å².